The second-order valence-corrected chi connectivity index (χ2v) is 0.582. The summed E-state index contributed by atoms with van der Waals surface area (Å²) in [7, 11) is 0. The average Bonchev–Trinajstić information content (AvgIpc) is 0.811. The molecule has 0 aromatic rings. The summed E-state index contributed by atoms with van der Waals surface area (Å²) >= 11 is -3.36. The Hall–Kier alpha value is 1.04. The minimum atomic E-state index is -3.36. The van der Waals surface area contributed by atoms with E-state index in [2.05, 4.69) is 0 Å². The van der Waals surface area contributed by atoms with E-state index in [0.29, 0.717) is 0 Å². The summed E-state index contributed by atoms with van der Waals surface area (Å²) in [5, 5.41) is 0. The van der Waals surface area contributed by atoms with E-state index < -0.39 is 11.5 Å². The van der Waals surface area contributed by atoms with Gasteiger partial charge in [0.15, 0.2) is 0 Å². The molecule has 5 heteroatoms. The Labute approximate surface area is 55.1 Å². The van der Waals surface area contributed by atoms with Crippen LogP contribution in [0.5, 0.6) is 0 Å². The normalized spacial score (nSPS) is 12.4. The van der Waals surface area contributed by atoms with E-state index in [-0.39, 0.29) is 31.0 Å². The Morgan fingerprint density at radius 1 is 2.00 bits per heavy atom. The van der Waals surface area contributed by atoms with Crippen LogP contribution in [0.1, 0.15) is 1.43 Å². The van der Waals surface area contributed by atoms with Crippen LogP contribution < -0.4 is 29.6 Å². The van der Waals surface area contributed by atoms with Crippen molar-refractivity contribution in [2.75, 3.05) is 0 Å². The maximum atomic E-state index is 9.92. The molecule has 0 fully saturated rings. The van der Waals surface area contributed by atoms with E-state index in [4.69, 9.17) is 8.76 Å². The Balaban J connectivity index is -0.0000000450. The molecule has 1 atom stereocenters. The molecule has 0 amide bonds. The van der Waals surface area contributed by atoms with Gasteiger partial charge in [-0.1, -0.05) is 0 Å². The van der Waals surface area contributed by atoms with Gasteiger partial charge in [-0.3, -0.25) is 0 Å². The van der Waals surface area contributed by atoms with Crippen molar-refractivity contribution in [3.63, 3.8) is 0 Å². The molecule has 0 aliphatic rings. The number of hydrogen-bond donors (Lipinski definition) is 0. The Morgan fingerprint density at radius 2 is 2.00 bits per heavy atom. The topological polar surface area (TPSA) is 40.1 Å². The summed E-state index contributed by atoms with van der Waals surface area (Å²) in [6, 6.07) is 0. The van der Waals surface area contributed by atoms with Crippen LogP contribution in [0.25, 0.3) is 0 Å². The minimum Gasteiger partial charge on any atom is -1.00 e. The first-order chi connectivity index (χ1) is 1.73. The zero-order valence-corrected chi connectivity index (χ0v) is 5.42. The van der Waals surface area contributed by atoms with Crippen molar-refractivity contribution in [2.45, 2.75) is 0 Å². The fourth-order valence-corrected chi connectivity index (χ4v) is 0. The van der Waals surface area contributed by atoms with Gasteiger partial charge in [0.05, 0.1) is 0 Å². The average molecular weight is 107 g/mol. The quantitative estimate of drug-likeness (QED) is 0.186. The predicted molar refractivity (Wildman–Crippen MR) is 11.1 cm³/mol. The molecule has 0 aromatic heterocycles. The minimum absolute atomic E-state index is 0. The standard InChI is InChI=1S/FHO2S.Na.H/c1-4(2)3;;/h(H,2,3);;/q;+1;-1/p-1. The monoisotopic (exact) mass is 107 g/mol. The van der Waals surface area contributed by atoms with Crippen molar-refractivity contribution in [3.05, 3.63) is 0 Å². The maximum absolute atomic E-state index is 9.92. The number of halogens is 1. The van der Waals surface area contributed by atoms with E-state index >= 15 is 0 Å². The maximum Gasteiger partial charge on any atom is 1.00 e. The fourth-order valence-electron chi connectivity index (χ4n) is 0. The van der Waals surface area contributed by atoms with Gasteiger partial charge < -0.3 is 5.98 Å². The van der Waals surface area contributed by atoms with Crippen molar-refractivity contribution < 1.29 is 43.6 Å². The van der Waals surface area contributed by atoms with Gasteiger partial charge >= 0.3 is 29.6 Å². The molecule has 0 aliphatic carbocycles. The third-order valence-electron chi connectivity index (χ3n) is 0. The second-order valence-electron chi connectivity index (χ2n) is 0.194. The molecule has 0 rings (SSSR count). The van der Waals surface area contributed by atoms with E-state index in [1.54, 1.807) is 0 Å². The Morgan fingerprint density at radius 3 is 2.00 bits per heavy atom. The molecule has 28 valence electrons. The molecule has 0 radical (unpaired) electrons. The summed E-state index contributed by atoms with van der Waals surface area (Å²) in [6.07, 6.45) is 0. The third kappa shape index (κ3) is 43.1. The van der Waals surface area contributed by atoms with Gasteiger partial charge in [0, 0.05) is 0 Å². The van der Waals surface area contributed by atoms with E-state index in [1.165, 1.54) is 0 Å². The van der Waals surface area contributed by atoms with Gasteiger partial charge in [-0.25, -0.2) is 4.21 Å². The molecule has 0 saturated carbocycles. The van der Waals surface area contributed by atoms with Gasteiger partial charge in [-0.15, -0.1) is 3.89 Å². The molecular weight excluding hydrogens is 106 g/mol. The van der Waals surface area contributed by atoms with Crippen molar-refractivity contribution in [1.82, 2.24) is 0 Å². The van der Waals surface area contributed by atoms with E-state index in [0.717, 1.165) is 0 Å². The molecule has 0 saturated heterocycles. The van der Waals surface area contributed by atoms with Crippen LogP contribution in [0.2, 0.25) is 0 Å². The molecular formula is HFNaO2S-. The second kappa shape index (κ2) is 5.04. The summed E-state index contributed by atoms with van der Waals surface area (Å²) in [6.45, 7) is 0. The van der Waals surface area contributed by atoms with Crippen LogP contribution in [-0.4, -0.2) is 8.76 Å². The van der Waals surface area contributed by atoms with Gasteiger partial charge in [-0.05, 0) is 0 Å². The first-order valence-electron chi connectivity index (χ1n) is 0.488. The van der Waals surface area contributed by atoms with E-state index in [1.807, 2.05) is 0 Å². The summed E-state index contributed by atoms with van der Waals surface area (Å²) in [4.78, 5) is 0. The number of rotatable bonds is 0. The predicted octanol–water partition coefficient (Wildman–Crippen LogP) is -3.13. The largest absolute Gasteiger partial charge is 1.00 e. The summed E-state index contributed by atoms with van der Waals surface area (Å²) < 4.78 is 26.6. The van der Waals surface area contributed by atoms with Gasteiger partial charge in [-0.2, -0.15) is 0 Å². The summed E-state index contributed by atoms with van der Waals surface area (Å²) in [5.74, 6) is 0. The molecule has 1 unspecified atom stereocenters. The molecule has 2 nitrogen and oxygen atoms in total. The summed E-state index contributed by atoms with van der Waals surface area (Å²) in [5.41, 5.74) is 0. The van der Waals surface area contributed by atoms with Gasteiger partial charge in [0.2, 0.25) is 0 Å². The molecule has 0 heterocycles. The van der Waals surface area contributed by atoms with Crippen LogP contribution in [0.3, 0.4) is 0 Å². The van der Waals surface area contributed by atoms with Gasteiger partial charge in [0.25, 0.3) is 0 Å². The fraction of sp³-hybridized carbons (Fsp3) is 0. The van der Waals surface area contributed by atoms with Crippen LogP contribution in [0, 0.1) is 0 Å². The van der Waals surface area contributed by atoms with E-state index in [9.17, 15) is 3.89 Å². The van der Waals surface area contributed by atoms with Crippen LogP contribution >= 0.6 is 0 Å². The molecule has 0 aromatic carbocycles. The van der Waals surface area contributed by atoms with Crippen molar-refractivity contribution in [3.8, 4) is 0 Å². The SMILES string of the molecule is O=S([O-])F.[H-].[Na+]. The van der Waals surface area contributed by atoms with Crippen molar-refractivity contribution >= 4 is 11.5 Å². The molecule has 0 N–H and O–H groups in total. The third-order valence-corrected chi connectivity index (χ3v) is 0. The molecule has 0 aliphatic heterocycles. The van der Waals surface area contributed by atoms with Crippen LogP contribution in [0.15, 0.2) is 0 Å². The number of hydrogen-bond acceptors (Lipinski definition) is 2. The Bertz CT molecular complexity index is 36.5. The zero-order chi connectivity index (χ0) is 3.58. The molecule has 0 bridgehead atoms. The first-order valence-corrected chi connectivity index (χ1v) is 1.46. The first kappa shape index (κ1) is 9.40. The molecule has 5 heavy (non-hydrogen) atoms. The van der Waals surface area contributed by atoms with Crippen molar-refractivity contribution in [2.24, 2.45) is 0 Å². The smallest absolute Gasteiger partial charge is 1.00 e. The van der Waals surface area contributed by atoms with Crippen LogP contribution in [0.4, 0.5) is 3.89 Å². The molecule has 0 spiro atoms. The Kier molecular flexibility index (Phi) is 9.48. The van der Waals surface area contributed by atoms with Crippen molar-refractivity contribution in [1.29, 1.82) is 0 Å². The van der Waals surface area contributed by atoms with Gasteiger partial charge in [0.1, 0.15) is 11.5 Å². The zero-order valence-electron chi connectivity index (χ0n) is 3.60. The van der Waals surface area contributed by atoms with Crippen LogP contribution in [-0.2, 0) is 11.5 Å².